The quantitative estimate of drug-likeness (QED) is 0.533. The van der Waals surface area contributed by atoms with Crippen LogP contribution >= 0.6 is 11.6 Å². The van der Waals surface area contributed by atoms with Gasteiger partial charge in [0.05, 0.1) is 24.7 Å². The average molecular weight is 493 g/mol. The van der Waals surface area contributed by atoms with Gasteiger partial charge in [0.2, 0.25) is 15.9 Å². The minimum atomic E-state index is -3.88. The number of anilines is 1. The third-order valence-corrected chi connectivity index (χ3v) is 7.40. The fraction of sp³-hybridized carbons (Fsp3) is 0.286. The summed E-state index contributed by atoms with van der Waals surface area (Å²) in [6.07, 6.45) is 0.912. The van der Waals surface area contributed by atoms with Gasteiger partial charge < -0.3 is 13.9 Å². The molecule has 0 spiro atoms. The third kappa shape index (κ3) is 4.65. The molecule has 1 aromatic heterocycles. The Bertz CT molecular complexity index is 1260. The summed E-state index contributed by atoms with van der Waals surface area (Å²) in [4.78, 5) is 13.0. The highest BCUT2D eigenvalue weighted by molar-refractivity contribution is 7.89. The average Bonchev–Trinajstić information content (AvgIpc) is 3.49. The van der Waals surface area contributed by atoms with Crippen molar-refractivity contribution in [3.63, 3.8) is 0 Å². The monoisotopic (exact) mass is 492 g/mol. The maximum Gasteiger partial charge on any atom is 0.322 e. The van der Waals surface area contributed by atoms with E-state index >= 15 is 0 Å². The normalized spacial score (nSPS) is 16.5. The van der Waals surface area contributed by atoms with Crippen molar-refractivity contribution in [2.45, 2.75) is 23.8 Å². The van der Waals surface area contributed by atoms with Crippen LogP contribution in [0, 0.1) is 0 Å². The fourth-order valence-electron chi connectivity index (χ4n) is 3.58. The SMILES string of the molecule is COc1ccc(-c2nnc(NC(=O)[C@@H]3CCCN3S(=O)(=O)c3ccc(Cl)cc3)o2)c(OC)c1. The second-order valence-corrected chi connectivity index (χ2v) is 9.52. The molecular weight excluding hydrogens is 472 g/mol. The molecule has 0 bridgehead atoms. The number of ether oxygens (including phenoxy) is 2. The van der Waals surface area contributed by atoms with Crippen molar-refractivity contribution in [1.29, 1.82) is 0 Å². The van der Waals surface area contributed by atoms with Crippen molar-refractivity contribution >= 4 is 33.5 Å². The highest BCUT2D eigenvalue weighted by Crippen LogP contribution is 2.33. The number of nitrogens with zero attached hydrogens (tertiary/aromatic N) is 3. The van der Waals surface area contributed by atoms with Crippen LogP contribution in [0.1, 0.15) is 12.8 Å². The molecule has 1 N–H and O–H groups in total. The van der Waals surface area contributed by atoms with Crippen LogP contribution in [0.3, 0.4) is 0 Å². The Labute approximate surface area is 195 Å². The van der Waals surface area contributed by atoms with Gasteiger partial charge in [0.1, 0.15) is 17.5 Å². The summed E-state index contributed by atoms with van der Waals surface area (Å²) < 4.78 is 43.4. The van der Waals surface area contributed by atoms with Gasteiger partial charge in [-0.25, -0.2) is 8.42 Å². The lowest BCUT2D eigenvalue weighted by molar-refractivity contribution is -0.119. The Hall–Kier alpha value is -3.15. The number of rotatable bonds is 7. The molecule has 4 rings (SSSR count). The van der Waals surface area contributed by atoms with E-state index in [0.717, 1.165) is 0 Å². The number of benzene rings is 2. The number of sulfonamides is 1. The lowest BCUT2D eigenvalue weighted by Gasteiger charge is -2.22. The summed E-state index contributed by atoms with van der Waals surface area (Å²) >= 11 is 5.86. The van der Waals surface area contributed by atoms with Crippen LogP contribution in [0.15, 0.2) is 51.8 Å². The molecule has 0 radical (unpaired) electrons. The number of hydrogen-bond acceptors (Lipinski definition) is 8. The highest BCUT2D eigenvalue weighted by atomic mass is 35.5. The molecular formula is C21H21ClN4O6S. The number of halogens is 1. The van der Waals surface area contributed by atoms with Gasteiger partial charge in [-0.3, -0.25) is 10.1 Å². The topological polar surface area (TPSA) is 124 Å². The Balaban J connectivity index is 1.52. The molecule has 12 heteroatoms. The number of hydrogen-bond donors (Lipinski definition) is 1. The number of carbonyl (C=O) groups excluding carboxylic acids is 1. The lowest BCUT2D eigenvalue weighted by Crippen LogP contribution is -2.43. The minimum Gasteiger partial charge on any atom is -0.497 e. The number of nitrogens with one attached hydrogen (secondary N) is 1. The Kier molecular flexibility index (Phi) is 6.54. The zero-order chi connectivity index (χ0) is 23.6. The first-order chi connectivity index (χ1) is 15.8. The van der Waals surface area contributed by atoms with E-state index in [0.29, 0.717) is 34.9 Å². The molecule has 1 saturated heterocycles. The first kappa shape index (κ1) is 23.0. The van der Waals surface area contributed by atoms with Crippen molar-refractivity contribution in [2.75, 3.05) is 26.1 Å². The summed E-state index contributed by atoms with van der Waals surface area (Å²) in [5.74, 6) is 0.613. The Morgan fingerprint density at radius 2 is 1.91 bits per heavy atom. The Morgan fingerprint density at radius 3 is 2.61 bits per heavy atom. The van der Waals surface area contributed by atoms with E-state index in [-0.39, 0.29) is 23.3 Å². The van der Waals surface area contributed by atoms with Crippen LogP contribution in [0.2, 0.25) is 5.02 Å². The zero-order valence-electron chi connectivity index (χ0n) is 17.8. The van der Waals surface area contributed by atoms with Gasteiger partial charge >= 0.3 is 6.01 Å². The lowest BCUT2D eigenvalue weighted by atomic mass is 10.2. The van der Waals surface area contributed by atoms with Crippen LogP contribution in [0.25, 0.3) is 11.5 Å². The summed E-state index contributed by atoms with van der Waals surface area (Å²) in [6, 6.07) is 9.82. The highest BCUT2D eigenvalue weighted by Gasteiger charge is 2.40. The molecule has 1 aliphatic rings. The van der Waals surface area contributed by atoms with Gasteiger partial charge in [-0.15, -0.1) is 5.10 Å². The fourth-order valence-corrected chi connectivity index (χ4v) is 5.36. The smallest absolute Gasteiger partial charge is 0.322 e. The standard InChI is InChI=1S/C21H21ClN4O6S/c1-30-14-7-10-16(18(12-14)31-2)20-24-25-21(32-20)23-19(27)17-4-3-11-26(17)33(28,29)15-8-5-13(22)6-9-15/h5-10,12,17H,3-4,11H2,1-2H3,(H,23,25,27)/t17-/m0/s1. The first-order valence-electron chi connectivity index (χ1n) is 9.97. The molecule has 33 heavy (non-hydrogen) atoms. The molecule has 2 heterocycles. The van der Waals surface area contributed by atoms with Gasteiger partial charge in [0, 0.05) is 17.6 Å². The van der Waals surface area contributed by atoms with Crippen molar-refractivity contribution < 1.29 is 27.1 Å². The molecule has 1 amide bonds. The van der Waals surface area contributed by atoms with E-state index in [4.69, 9.17) is 25.5 Å². The molecule has 0 unspecified atom stereocenters. The Morgan fingerprint density at radius 1 is 1.15 bits per heavy atom. The van der Waals surface area contributed by atoms with Gasteiger partial charge in [-0.1, -0.05) is 16.7 Å². The van der Waals surface area contributed by atoms with E-state index in [1.165, 1.54) is 42.8 Å². The second-order valence-electron chi connectivity index (χ2n) is 7.20. The summed E-state index contributed by atoms with van der Waals surface area (Å²) in [7, 11) is -0.847. The molecule has 1 atom stereocenters. The van der Waals surface area contributed by atoms with Crippen molar-refractivity contribution in [3.05, 3.63) is 47.5 Å². The number of methoxy groups -OCH3 is 2. The minimum absolute atomic E-state index is 0.0678. The summed E-state index contributed by atoms with van der Waals surface area (Å²) in [6.45, 7) is 0.223. The van der Waals surface area contributed by atoms with Crippen molar-refractivity contribution in [3.8, 4) is 23.0 Å². The number of amides is 1. The molecule has 0 saturated carbocycles. The van der Waals surface area contributed by atoms with E-state index in [1.807, 2.05) is 0 Å². The predicted octanol–water partition coefficient (Wildman–Crippen LogP) is 3.20. The van der Waals surface area contributed by atoms with Crippen molar-refractivity contribution in [2.24, 2.45) is 0 Å². The van der Waals surface area contributed by atoms with Crippen LogP contribution < -0.4 is 14.8 Å². The van der Waals surface area contributed by atoms with Gasteiger partial charge in [0.25, 0.3) is 5.89 Å². The molecule has 10 nitrogen and oxygen atoms in total. The van der Waals surface area contributed by atoms with E-state index in [9.17, 15) is 13.2 Å². The number of carbonyl (C=O) groups is 1. The maximum atomic E-state index is 13.1. The molecule has 1 aliphatic heterocycles. The van der Waals surface area contributed by atoms with Crippen LogP contribution in [0.5, 0.6) is 11.5 Å². The zero-order valence-corrected chi connectivity index (χ0v) is 19.4. The molecule has 3 aromatic rings. The van der Waals surface area contributed by atoms with Crippen LogP contribution in [0.4, 0.5) is 6.01 Å². The molecule has 2 aromatic carbocycles. The molecule has 174 valence electrons. The largest absolute Gasteiger partial charge is 0.497 e. The third-order valence-electron chi connectivity index (χ3n) is 5.22. The molecule has 0 aliphatic carbocycles. The van der Waals surface area contributed by atoms with E-state index in [1.54, 1.807) is 18.2 Å². The second kappa shape index (κ2) is 9.38. The van der Waals surface area contributed by atoms with E-state index in [2.05, 4.69) is 15.5 Å². The number of aromatic nitrogens is 2. The van der Waals surface area contributed by atoms with Crippen molar-refractivity contribution in [1.82, 2.24) is 14.5 Å². The maximum absolute atomic E-state index is 13.1. The predicted molar refractivity (Wildman–Crippen MR) is 120 cm³/mol. The summed E-state index contributed by atoms with van der Waals surface area (Å²) in [5.41, 5.74) is 0.513. The first-order valence-corrected chi connectivity index (χ1v) is 11.8. The molecule has 1 fully saturated rings. The van der Waals surface area contributed by atoms with Crippen LogP contribution in [-0.4, -0.2) is 55.6 Å². The van der Waals surface area contributed by atoms with Gasteiger partial charge in [0.15, 0.2) is 0 Å². The van der Waals surface area contributed by atoms with Crippen LogP contribution in [-0.2, 0) is 14.8 Å². The van der Waals surface area contributed by atoms with E-state index < -0.39 is 22.0 Å². The summed E-state index contributed by atoms with van der Waals surface area (Å²) in [5, 5.41) is 10.8. The van der Waals surface area contributed by atoms with Gasteiger partial charge in [-0.2, -0.15) is 4.31 Å². The van der Waals surface area contributed by atoms with Gasteiger partial charge in [-0.05, 0) is 49.2 Å².